The average Bonchev–Trinajstić information content (AvgIpc) is 2.36. The molecule has 19 heavy (non-hydrogen) atoms. The summed E-state index contributed by atoms with van der Waals surface area (Å²) in [5.74, 6) is 0. The fourth-order valence-electron chi connectivity index (χ4n) is 1.90. The van der Waals surface area contributed by atoms with Crippen molar-refractivity contribution in [2.75, 3.05) is 19.6 Å². The van der Waals surface area contributed by atoms with E-state index >= 15 is 0 Å². The Morgan fingerprint density at radius 3 is 2.47 bits per heavy atom. The first-order valence-corrected chi connectivity index (χ1v) is 7.40. The first-order valence-electron chi connectivity index (χ1n) is 6.23. The lowest BCUT2D eigenvalue weighted by atomic mass is 10.0. The van der Waals surface area contributed by atoms with Gasteiger partial charge in [-0.15, -0.1) is 13.2 Å². The lowest BCUT2D eigenvalue weighted by Crippen LogP contribution is -2.28. The summed E-state index contributed by atoms with van der Waals surface area (Å²) in [4.78, 5) is 2.24. The smallest absolute Gasteiger partial charge is 0.0464 e. The zero-order chi connectivity index (χ0) is 14.3. The second-order valence-corrected chi connectivity index (χ2v) is 5.72. The van der Waals surface area contributed by atoms with Crippen LogP contribution in [0.25, 0.3) is 0 Å². The minimum absolute atomic E-state index is 0.0577. The van der Waals surface area contributed by atoms with E-state index in [1.807, 2.05) is 30.4 Å². The van der Waals surface area contributed by atoms with E-state index < -0.39 is 0 Å². The largest absolute Gasteiger partial charge is 0.324 e. The van der Waals surface area contributed by atoms with Gasteiger partial charge in [-0.1, -0.05) is 45.7 Å². The van der Waals surface area contributed by atoms with Gasteiger partial charge >= 0.3 is 0 Å². The van der Waals surface area contributed by atoms with Crippen molar-refractivity contribution < 1.29 is 0 Å². The Morgan fingerprint density at radius 2 is 1.95 bits per heavy atom. The predicted molar refractivity (Wildman–Crippen MR) is 87.5 cm³/mol. The van der Waals surface area contributed by atoms with E-state index in [1.165, 1.54) is 0 Å². The van der Waals surface area contributed by atoms with Gasteiger partial charge in [0.1, 0.15) is 0 Å². The summed E-state index contributed by atoms with van der Waals surface area (Å²) in [6.45, 7) is 10.1. The van der Waals surface area contributed by atoms with Gasteiger partial charge in [0.15, 0.2) is 0 Å². The third-order valence-electron chi connectivity index (χ3n) is 2.89. The molecule has 1 rings (SSSR count). The van der Waals surface area contributed by atoms with Gasteiger partial charge in [0.25, 0.3) is 0 Å². The van der Waals surface area contributed by atoms with E-state index in [-0.39, 0.29) is 6.04 Å². The lowest BCUT2D eigenvalue weighted by molar-refractivity contribution is 0.319. The molecule has 1 unspecified atom stereocenters. The van der Waals surface area contributed by atoms with E-state index in [0.29, 0.717) is 5.02 Å². The molecule has 4 heteroatoms. The minimum Gasteiger partial charge on any atom is -0.324 e. The van der Waals surface area contributed by atoms with E-state index in [4.69, 9.17) is 17.3 Å². The molecule has 1 atom stereocenters. The second-order valence-electron chi connectivity index (χ2n) is 4.40. The molecule has 0 radical (unpaired) electrons. The molecule has 0 aliphatic heterocycles. The lowest BCUT2D eigenvalue weighted by Gasteiger charge is -2.21. The third kappa shape index (κ3) is 5.49. The Labute approximate surface area is 129 Å². The van der Waals surface area contributed by atoms with Crippen LogP contribution in [0, 0.1) is 0 Å². The number of rotatable bonds is 8. The van der Waals surface area contributed by atoms with E-state index in [2.05, 4.69) is 34.0 Å². The Morgan fingerprint density at radius 1 is 1.32 bits per heavy atom. The Bertz CT molecular complexity index is 424. The molecule has 1 aromatic carbocycles. The fourth-order valence-corrected chi connectivity index (χ4v) is 2.72. The van der Waals surface area contributed by atoms with Crippen molar-refractivity contribution in [1.82, 2.24) is 4.90 Å². The molecule has 0 amide bonds. The minimum atomic E-state index is -0.0577. The standard InChI is InChI=1S/C15H20BrClN2/c1-3-8-19(9-4-2)10-7-15(18)13-6-5-12(16)11-14(13)17/h3-6,11,15H,1-2,7-10,18H2. The van der Waals surface area contributed by atoms with Gasteiger partial charge in [-0.25, -0.2) is 0 Å². The SMILES string of the molecule is C=CCN(CC=C)CCC(N)c1ccc(Br)cc1Cl. The van der Waals surface area contributed by atoms with Crippen LogP contribution in [0.5, 0.6) is 0 Å². The summed E-state index contributed by atoms with van der Waals surface area (Å²) in [6, 6.07) is 5.76. The van der Waals surface area contributed by atoms with E-state index in [0.717, 1.165) is 36.1 Å². The number of nitrogens with two attached hydrogens (primary N) is 1. The molecular formula is C15H20BrClN2. The van der Waals surface area contributed by atoms with Gasteiger partial charge in [0.05, 0.1) is 0 Å². The van der Waals surface area contributed by atoms with Gasteiger partial charge in [0.2, 0.25) is 0 Å². The highest BCUT2D eigenvalue weighted by Crippen LogP contribution is 2.27. The molecule has 0 saturated heterocycles. The summed E-state index contributed by atoms with van der Waals surface area (Å²) in [5, 5.41) is 0.709. The first-order chi connectivity index (χ1) is 9.08. The van der Waals surface area contributed by atoms with Crippen LogP contribution in [0.15, 0.2) is 48.0 Å². The molecule has 2 N–H and O–H groups in total. The van der Waals surface area contributed by atoms with Crippen molar-refractivity contribution in [1.29, 1.82) is 0 Å². The molecule has 1 aromatic rings. The maximum Gasteiger partial charge on any atom is 0.0464 e. The Kier molecular flexibility index (Phi) is 7.39. The zero-order valence-corrected chi connectivity index (χ0v) is 13.3. The normalized spacial score (nSPS) is 12.4. The van der Waals surface area contributed by atoms with Crippen molar-refractivity contribution in [3.63, 3.8) is 0 Å². The zero-order valence-electron chi connectivity index (χ0n) is 11.0. The molecule has 0 spiro atoms. The molecule has 0 aliphatic rings. The van der Waals surface area contributed by atoms with Crippen molar-refractivity contribution in [3.05, 3.63) is 58.6 Å². The van der Waals surface area contributed by atoms with Gasteiger partial charge < -0.3 is 5.73 Å². The predicted octanol–water partition coefficient (Wildman–Crippen LogP) is 4.17. The highest BCUT2D eigenvalue weighted by atomic mass is 79.9. The maximum absolute atomic E-state index is 6.21. The monoisotopic (exact) mass is 342 g/mol. The Balaban J connectivity index is 2.60. The van der Waals surface area contributed by atoms with Gasteiger partial charge in [-0.2, -0.15) is 0 Å². The van der Waals surface area contributed by atoms with E-state index in [1.54, 1.807) is 0 Å². The number of hydrogen-bond donors (Lipinski definition) is 1. The number of benzene rings is 1. The summed E-state index contributed by atoms with van der Waals surface area (Å²) in [5.41, 5.74) is 7.20. The number of halogens is 2. The summed E-state index contributed by atoms with van der Waals surface area (Å²) in [7, 11) is 0. The first kappa shape index (κ1) is 16.4. The molecule has 0 bridgehead atoms. The van der Waals surface area contributed by atoms with Crippen molar-refractivity contribution in [2.24, 2.45) is 5.73 Å². The van der Waals surface area contributed by atoms with E-state index in [9.17, 15) is 0 Å². The molecule has 0 aliphatic carbocycles. The van der Waals surface area contributed by atoms with Crippen LogP contribution in [-0.2, 0) is 0 Å². The van der Waals surface area contributed by atoms with Crippen LogP contribution in [0.1, 0.15) is 18.0 Å². The van der Waals surface area contributed by atoms with Crippen molar-refractivity contribution in [3.8, 4) is 0 Å². The molecule has 2 nitrogen and oxygen atoms in total. The number of nitrogens with zero attached hydrogens (tertiary/aromatic N) is 1. The molecule has 0 saturated carbocycles. The molecule has 104 valence electrons. The molecule has 0 aromatic heterocycles. The summed E-state index contributed by atoms with van der Waals surface area (Å²) in [6.07, 6.45) is 4.63. The van der Waals surface area contributed by atoms with Gasteiger partial charge in [-0.3, -0.25) is 4.90 Å². The average molecular weight is 344 g/mol. The van der Waals surface area contributed by atoms with Crippen LogP contribution in [0.4, 0.5) is 0 Å². The van der Waals surface area contributed by atoms with Crippen LogP contribution < -0.4 is 5.73 Å². The highest BCUT2D eigenvalue weighted by Gasteiger charge is 2.12. The third-order valence-corrected chi connectivity index (χ3v) is 3.71. The number of hydrogen-bond acceptors (Lipinski definition) is 2. The van der Waals surface area contributed by atoms with Crippen LogP contribution >= 0.6 is 27.5 Å². The second kappa shape index (κ2) is 8.54. The maximum atomic E-state index is 6.21. The van der Waals surface area contributed by atoms with Gasteiger partial charge in [-0.05, 0) is 24.1 Å². The molecular weight excluding hydrogens is 324 g/mol. The topological polar surface area (TPSA) is 29.3 Å². The summed E-state index contributed by atoms with van der Waals surface area (Å²) >= 11 is 9.60. The fraction of sp³-hybridized carbons (Fsp3) is 0.333. The molecule has 0 fully saturated rings. The Hall–Kier alpha value is -0.610. The van der Waals surface area contributed by atoms with Crippen LogP contribution in [0.2, 0.25) is 5.02 Å². The van der Waals surface area contributed by atoms with Crippen molar-refractivity contribution in [2.45, 2.75) is 12.5 Å². The molecule has 0 heterocycles. The van der Waals surface area contributed by atoms with Crippen molar-refractivity contribution >= 4 is 27.5 Å². The van der Waals surface area contributed by atoms with Crippen LogP contribution in [0.3, 0.4) is 0 Å². The van der Waals surface area contributed by atoms with Gasteiger partial charge in [0, 0.05) is 35.2 Å². The summed E-state index contributed by atoms with van der Waals surface area (Å²) < 4.78 is 0.966. The highest BCUT2D eigenvalue weighted by molar-refractivity contribution is 9.10. The quantitative estimate of drug-likeness (QED) is 0.718. The van der Waals surface area contributed by atoms with Crippen LogP contribution in [-0.4, -0.2) is 24.5 Å².